The number of nitrogens with one attached hydrogen (secondary N) is 1. The normalized spacial score (nSPS) is 11.6. The summed E-state index contributed by atoms with van der Waals surface area (Å²) in [5.41, 5.74) is -0.108. The summed E-state index contributed by atoms with van der Waals surface area (Å²) >= 11 is 0. The van der Waals surface area contributed by atoms with Crippen molar-refractivity contribution in [1.82, 2.24) is 4.98 Å². The molecule has 0 radical (unpaired) electrons. The van der Waals surface area contributed by atoms with E-state index in [1.807, 2.05) is 0 Å². The zero-order chi connectivity index (χ0) is 12.5. The summed E-state index contributed by atoms with van der Waals surface area (Å²) in [5.74, 6) is -0.199. The minimum Gasteiger partial charge on any atom is -0.481 e. The fourth-order valence-electron chi connectivity index (χ4n) is 1.42. The molecular formula is C12H14N2O3. The van der Waals surface area contributed by atoms with Crippen molar-refractivity contribution in [1.29, 1.82) is 0 Å². The van der Waals surface area contributed by atoms with Gasteiger partial charge in [0.25, 0.3) is 0 Å². The zero-order valence-electron chi connectivity index (χ0n) is 9.73. The van der Waals surface area contributed by atoms with E-state index < -0.39 is 11.4 Å². The molecule has 5 nitrogen and oxygen atoms in total. The molecule has 90 valence electrons. The summed E-state index contributed by atoms with van der Waals surface area (Å²) in [6.45, 7) is 3.63. The first-order chi connectivity index (χ1) is 8.00. The van der Waals surface area contributed by atoms with E-state index in [2.05, 4.69) is 10.3 Å². The van der Waals surface area contributed by atoms with Crippen molar-refractivity contribution in [3.05, 3.63) is 24.6 Å². The molecule has 2 N–H and O–H groups in total. The molecule has 0 aliphatic carbocycles. The van der Waals surface area contributed by atoms with Gasteiger partial charge < -0.3 is 14.8 Å². The van der Waals surface area contributed by atoms with Crippen molar-refractivity contribution < 1.29 is 14.3 Å². The van der Waals surface area contributed by atoms with Gasteiger partial charge in [-0.05, 0) is 26.0 Å². The maximum atomic E-state index is 11.0. The van der Waals surface area contributed by atoms with E-state index in [0.29, 0.717) is 12.4 Å². The number of hydrogen-bond acceptors (Lipinski definition) is 4. The van der Waals surface area contributed by atoms with Crippen LogP contribution >= 0.6 is 0 Å². The molecule has 5 heteroatoms. The Bertz CT molecular complexity index is 545. The third-order valence-corrected chi connectivity index (χ3v) is 2.66. The second-order valence-electron chi connectivity index (χ2n) is 4.53. The second-order valence-corrected chi connectivity index (χ2v) is 4.53. The summed E-state index contributed by atoms with van der Waals surface area (Å²) in [4.78, 5) is 15.2. The average Bonchev–Trinajstić information content (AvgIpc) is 2.74. The SMILES string of the molecule is CC(C)(CNc1nccc2occc12)C(=O)O. The van der Waals surface area contributed by atoms with Crippen LogP contribution < -0.4 is 5.32 Å². The maximum Gasteiger partial charge on any atom is 0.310 e. The lowest BCUT2D eigenvalue weighted by atomic mass is 9.94. The van der Waals surface area contributed by atoms with Crippen LogP contribution in [0.3, 0.4) is 0 Å². The molecule has 0 fully saturated rings. The van der Waals surface area contributed by atoms with Crippen LogP contribution in [0, 0.1) is 5.41 Å². The quantitative estimate of drug-likeness (QED) is 0.849. The van der Waals surface area contributed by atoms with Gasteiger partial charge in [0.2, 0.25) is 0 Å². The van der Waals surface area contributed by atoms with Crippen molar-refractivity contribution >= 4 is 22.8 Å². The van der Waals surface area contributed by atoms with Crippen LogP contribution in [0.5, 0.6) is 0 Å². The highest BCUT2D eigenvalue weighted by Crippen LogP contribution is 2.23. The molecule has 0 spiro atoms. The lowest BCUT2D eigenvalue weighted by molar-refractivity contribution is -0.146. The standard InChI is InChI=1S/C12H14N2O3/c1-12(2,11(15)16)7-14-10-8-4-6-17-9(8)3-5-13-10/h3-6H,7H2,1-2H3,(H,13,14)(H,15,16). The molecule has 0 bridgehead atoms. The molecule has 2 aromatic rings. The molecule has 0 aliphatic heterocycles. The summed E-state index contributed by atoms with van der Waals surface area (Å²) in [7, 11) is 0. The fraction of sp³-hybridized carbons (Fsp3) is 0.333. The van der Waals surface area contributed by atoms with Gasteiger partial charge in [0.05, 0.1) is 17.1 Å². The molecule has 0 aliphatic rings. The summed E-state index contributed by atoms with van der Waals surface area (Å²) < 4.78 is 5.24. The Hall–Kier alpha value is -2.04. The number of carboxylic acids is 1. The van der Waals surface area contributed by atoms with Gasteiger partial charge in [-0.15, -0.1) is 0 Å². The molecule has 0 atom stereocenters. The molecule has 17 heavy (non-hydrogen) atoms. The topological polar surface area (TPSA) is 75.4 Å². The van der Waals surface area contributed by atoms with E-state index in [0.717, 1.165) is 11.0 Å². The minimum absolute atomic E-state index is 0.305. The van der Waals surface area contributed by atoms with Crippen LogP contribution in [0.25, 0.3) is 11.0 Å². The number of fused-ring (bicyclic) bond motifs is 1. The van der Waals surface area contributed by atoms with Crippen molar-refractivity contribution in [2.45, 2.75) is 13.8 Å². The molecule has 0 amide bonds. The van der Waals surface area contributed by atoms with Gasteiger partial charge >= 0.3 is 5.97 Å². The first kappa shape index (κ1) is 11.4. The van der Waals surface area contributed by atoms with Crippen LogP contribution in [-0.2, 0) is 4.79 Å². The Morgan fingerprint density at radius 2 is 2.29 bits per heavy atom. The molecule has 0 saturated carbocycles. The Kier molecular flexibility index (Phi) is 2.75. The third-order valence-electron chi connectivity index (χ3n) is 2.66. The Morgan fingerprint density at radius 1 is 1.53 bits per heavy atom. The lowest BCUT2D eigenvalue weighted by Crippen LogP contribution is -2.32. The van der Waals surface area contributed by atoms with E-state index in [-0.39, 0.29) is 0 Å². The van der Waals surface area contributed by atoms with Gasteiger partial charge in [0, 0.05) is 12.7 Å². The molecule has 2 heterocycles. The molecular weight excluding hydrogens is 220 g/mol. The number of aliphatic carboxylic acids is 1. The molecule has 2 aromatic heterocycles. The first-order valence-corrected chi connectivity index (χ1v) is 5.30. The monoisotopic (exact) mass is 234 g/mol. The van der Waals surface area contributed by atoms with E-state index in [4.69, 9.17) is 9.52 Å². The van der Waals surface area contributed by atoms with Gasteiger partial charge in [0.15, 0.2) is 0 Å². The second kappa shape index (κ2) is 4.08. The van der Waals surface area contributed by atoms with Gasteiger partial charge in [-0.1, -0.05) is 0 Å². The highest BCUT2D eigenvalue weighted by Gasteiger charge is 2.27. The molecule has 0 saturated heterocycles. The van der Waals surface area contributed by atoms with Crippen molar-refractivity contribution in [2.75, 3.05) is 11.9 Å². The molecule has 2 rings (SSSR count). The number of anilines is 1. The van der Waals surface area contributed by atoms with E-state index in [9.17, 15) is 4.79 Å². The highest BCUT2D eigenvalue weighted by molar-refractivity contribution is 5.88. The number of hydrogen-bond donors (Lipinski definition) is 2. The average molecular weight is 234 g/mol. The summed E-state index contributed by atoms with van der Waals surface area (Å²) in [5, 5.41) is 12.9. The molecule has 0 aromatic carbocycles. The van der Waals surface area contributed by atoms with Gasteiger partial charge in [-0.25, -0.2) is 4.98 Å². The fourth-order valence-corrected chi connectivity index (χ4v) is 1.42. The number of rotatable bonds is 4. The van der Waals surface area contributed by atoms with Gasteiger partial charge in [-0.2, -0.15) is 0 Å². The van der Waals surface area contributed by atoms with Crippen molar-refractivity contribution in [3.63, 3.8) is 0 Å². The van der Waals surface area contributed by atoms with E-state index >= 15 is 0 Å². The molecule has 0 unspecified atom stereocenters. The van der Waals surface area contributed by atoms with E-state index in [1.165, 1.54) is 0 Å². The predicted octanol–water partition coefficient (Wildman–Crippen LogP) is 2.35. The van der Waals surface area contributed by atoms with Crippen molar-refractivity contribution in [2.24, 2.45) is 5.41 Å². The largest absolute Gasteiger partial charge is 0.481 e. The summed E-state index contributed by atoms with van der Waals surface area (Å²) in [6.07, 6.45) is 3.21. The van der Waals surface area contributed by atoms with Crippen LogP contribution in [-0.4, -0.2) is 22.6 Å². The maximum absolute atomic E-state index is 11.0. The van der Waals surface area contributed by atoms with Crippen LogP contribution in [0.1, 0.15) is 13.8 Å². The lowest BCUT2D eigenvalue weighted by Gasteiger charge is -2.19. The highest BCUT2D eigenvalue weighted by atomic mass is 16.4. The Labute approximate surface area is 98.5 Å². The van der Waals surface area contributed by atoms with Gasteiger partial charge in [0.1, 0.15) is 11.4 Å². The van der Waals surface area contributed by atoms with Crippen LogP contribution in [0.2, 0.25) is 0 Å². The smallest absolute Gasteiger partial charge is 0.310 e. The number of furan rings is 1. The summed E-state index contributed by atoms with van der Waals surface area (Å²) in [6, 6.07) is 3.57. The van der Waals surface area contributed by atoms with Crippen LogP contribution in [0.15, 0.2) is 29.0 Å². The Morgan fingerprint density at radius 3 is 3.00 bits per heavy atom. The minimum atomic E-state index is -0.843. The number of carbonyl (C=O) groups is 1. The van der Waals surface area contributed by atoms with Crippen LogP contribution in [0.4, 0.5) is 5.82 Å². The third kappa shape index (κ3) is 2.22. The van der Waals surface area contributed by atoms with E-state index in [1.54, 1.807) is 38.4 Å². The predicted molar refractivity (Wildman–Crippen MR) is 63.9 cm³/mol. The number of aromatic nitrogens is 1. The zero-order valence-corrected chi connectivity index (χ0v) is 9.73. The number of carboxylic acid groups (broad SMARTS) is 1. The number of pyridine rings is 1. The Balaban J connectivity index is 2.19. The van der Waals surface area contributed by atoms with Crippen molar-refractivity contribution in [3.8, 4) is 0 Å². The first-order valence-electron chi connectivity index (χ1n) is 5.30. The number of nitrogens with zero attached hydrogens (tertiary/aromatic N) is 1. The van der Waals surface area contributed by atoms with Gasteiger partial charge in [-0.3, -0.25) is 4.79 Å².